The van der Waals surface area contributed by atoms with Crippen molar-refractivity contribution in [3.05, 3.63) is 16.1 Å². The Balaban J connectivity index is 1.88. The van der Waals surface area contributed by atoms with Crippen molar-refractivity contribution in [3.8, 4) is 0 Å². The van der Waals surface area contributed by atoms with E-state index < -0.39 is 5.97 Å². The number of hydrogen-bond donors (Lipinski definition) is 2. The van der Waals surface area contributed by atoms with Crippen LogP contribution in [0.15, 0.2) is 6.20 Å². The standard InChI is InChI=1S/C11H16N2O2S/c14-11(15)6-9-7-13-10(16-9)5-8-1-3-12-4-2-8/h7-8,12H,1-6H2,(H,14,15). The van der Waals surface area contributed by atoms with Gasteiger partial charge in [0.05, 0.1) is 11.4 Å². The van der Waals surface area contributed by atoms with E-state index in [1.807, 2.05) is 0 Å². The van der Waals surface area contributed by atoms with Gasteiger partial charge in [-0.05, 0) is 31.8 Å². The van der Waals surface area contributed by atoms with Crippen LogP contribution in [0, 0.1) is 5.92 Å². The second-order valence-corrected chi connectivity index (χ2v) is 5.39. The van der Waals surface area contributed by atoms with E-state index in [4.69, 9.17) is 5.11 Å². The van der Waals surface area contributed by atoms with E-state index in [0.29, 0.717) is 5.92 Å². The fourth-order valence-corrected chi connectivity index (χ4v) is 3.03. The first kappa shape index (κ1) is 11.5. The van der Waals surface area contributed by atoms with Gasteiger partial charge in [-0.15, -0.1) is 11.3 Å². The van der Waals surface area contributed by atoms with Crippen molar-refractivity contribution in [2.24, 2.45) is 5.92 Å². The van der Waals surface area contributed by atoms with E-state index >= 15 is 0 Å². The molecule has 0 saturated carbocycles. The topological polar surface area (TPSA) is 62.2 Å². The summed E-state index contributed by atoms with van der Waals surface area (Å²) in [5.41, 5.74) is 0. The summed E-state index contributed by atoms with van der Waals surface area (Å²) in [7, 11) is 0. The maximum atomic E-state index is 10.5. The highest BCUT2D eigenvalue weighted by molar-refractivity contribution is 7.11. The zero-order valence-corrected chi connectivity index (χ0v) is 9.92. The number of piperidine rings is 1. The summed E-state index contributed by atoms with van der Waals surface area (Å²) in [6.07, 6.45) is 5.22. The molecule has 16 heavy (non-hydrogen) atoms. The van der Waals surface area contributed by atoms with Crippen LogP contribution in [0.4, 0.5) is 0 Å². The highest BCUT2D eigenvalue weighted by atomic mass is 32.1. The molecule has 88 valence electrons. The number of aromatic nitrogens is 1. The Hall–Kier alpha value is -0.940. The molecule has 1 aromatic rings. The molecule has 1 aromatic heterocycles. The average molecular weight is 240 g/mol. The lowest BCUT2D eigenvalue weighted by molar-refractivity contribution is -0.136. The zero-order valence-electron chi connectivity index (χ0n) is 9.11. The number of rotatable bonds is 4. The number of hydrogen-bond acceptors (Lipinski definition) is 4. The van der Waals surface area contributed by atoms with E-state index in [1.54, 1.807) is 17.5 Å². The van der Waals surface area contributed by atoms with Gasteiger partial charge in [-0.1, -0.05) is 0 Å². The fourth-order valence-electron chi connectivity index (χ4n) is 2.01. The number of thiazole rings is 1. The molecule has 1 saturated heterocycles. The van der Waals surface area contributed by atoms with Gasteiger partial charge in [-0.25, -0.2) is 4.98 Å². The molecule has 2 heterocycles. The molecular formula is C11H16N2O2S. The SMILES string of the molecule is O=C(O)Cc1cnc(CC2CCNCC2)s1. The first-order valence-electron chi connectivity index (χ1n) is 5.60. The van der Waals surface area contributed by atoms with Crippen LogP contribution in [-0.4, -0.2) is 29.1 Å². The first-order chi connectivity index (χ1) is 7.74. The summed E-state index contributed by atoms with van der Waals surface area (Å²) in [5, 5.41) is 13.1. The molecule has 1 aliphatic heterocycles. The predicted octanol–water partition coefficient (Wildman–Crippen LogP) is 1.31. The van der Waals surface area contributed by atoms with Gasteiger partial charge in [0.2, 0.25) is 0 Å². The molecule has 2 N–H and O–H groups in total. The van der Waals surface area contributed by atoms with Crippen LogP contribution in [0.25, 0.3) is 0 Å². The van der Waals surface area contributed by atoms with Crippen LogP contribution >= 0.6 is 11.3 Å². The average Bonchev–Trinajstić information content (AvgIpc) is 2.66. The van der Waals surface area contributed by atoms with Gasteiger partial charge in [0.15, 0.2) is 0 Å². The van der Waals surface area contributed by atoms with Crippen molar-refractivity contribution in [2.75, 3.05) is 13.1 Å². The van der Waals surface area contributed by atoms with Crippen molar-refractivity contribution >= 4 is 17.3 Å². The van der Waals surface area contributed by atoms with Gasteiger partial charge in [0.25, 0.3) is 0 Å². The molecule has 0 radical (unpaired) electrons. The van der Waals surface area contributed by atoms with Crippen LogP contribution in [-0.2, 0) is 17.6 Å². The highest BCUT2D eigenvalue weighted by Crippen LogP contribution is 2.21. The van der Waals surface area contributed by atoms with Gasteiger partial charge in [-0.3, -0.25) is 4.79 Å². The smallest absolute Gasteiger partial charge is 0.308 e. The lowest BCUT2D eigenvalue weighted by atomic mass is 9.95. The third-order valence-corrected chi connectivity index (χ3v) is 3.87. The van der Waals surface area contributed by atoms with Gasteiger partial charge in [0.1, 0.15) is 0 Å². The van der Waals surface area contributed by atoms with Gasteiger partial charge in [-0.2, -0.15) is 0 Å². The maximum Gasteiger partial charge on any atom is 0.308 e. The lowest BCUT2D eigenvalue weighted by Gasteiger charge is -2.21. The lowest BCUT2D eigenvalue weighted by Crippen LogP contribution is -2.28. The fraction of sp³-hybridized carbons (Fsp3) is 0.636. The van der Waals surface area contributed by atoms with Crippen molar-refractivity contribution in [2.45, 2.75) is 25.7 Å². The maximum absolute atomic E-state index is 10.5. The molecule has 0 atom stereocenters. The Morgan fingerprint density at radius 1 is 1.56 bits per heavy atom. The van der Waals surface area contributed by atoms with Gasteiger partial charge >= 0.3 is 5.97 Å². The molecule has 0 aromatic carbocycles. The highest BCUT2D eigenvalue weighted by Gasteiger charge is 2.15. The molecule has 0 aliphatic carbocycles. The summed E-state index contributed by atoms with van der Waals surface area (Å²) in [5.74, 6) is -0.0675. The number of nitrogens with one attached hydrogen (secondary N) is 1. The van der Waals surface area contributed by atoms with Gasteiger partial charge < -0.3 is 10.4 Å². The first-order valence-corrected chi connectivity index (χ1v) is 6.42. The van der Waals surface area contributed by atoms with E-state index in [-0.39, 0.29) is 6.42 Å². The minimum absolute atomic E-state index is 0.101. The molecule has 2 rings (SSSR count). The predicted molar refractivity (Wildman–Crippen MR) is 62.8 cm³/mol. The number of carboxylic acid groups (broad SMARTS) is 1. The Labute approximate surface area is 98.7 Å². The van der Waals surface area contributed by atoms with Crippen molar-refractivity contribution in [3.63, 3.8) is 0 Å². The number of carboxylic acids is 1. The molecule has 0 amide bonds. The summed E-state index contributed by atoms with van der Waals surface area (Å²) in [6.45, 7) is 2.19. The van der Waals surface area contributed by atoms with Crippen LogP contribution in [0.3, 0.4) is 0 Å². The van der Waals surface area contributed by atoms with E-state index in [2.05, 4.69) is 10.3 Å². The Kier molecular flexibility index (Phi) is 3.90. The largest absolute Gasteiger partial charge is 0.481 e. The van der Waals surface area contributed by atoms with E-state index in [1.165, 1.54) is 12.8 Å². The summed E-state index contributed by atoms with van der Waals surface area (Å²) >= 11 is 1.54. The Morgan fingerprint density at radius 3 is 3.00 bits per heavy atom. The van der Waals surface area contributed by atoms with Crippen LogP contribution in [0.5, 0.6) is 0 Å². The second kappa shape index (κ2) is 5.41. The third-order valence-electron chi connectivity index (χ3n) is 2.85. The normalized spacial score (nSPS) is 17.5. The van der Waals surface area contributed by atoms with Crippen molar-refractivity contribution in [1.82, 2.24) is 10.3 Å². The van der Waals surface area contributed by atoms with E-state index in [0.717, 1.165) is 29.4 Å². The molecule has 0 spiro atoms. The number of nitrogens with zero attached hydrogens (tertiary/aromatic N) is 1. The molecular weight excluding hydrogens is 224 g/mol. The molecule has 1 fully saturated rings. The van der Waals surface area contributed by atoms with Crippen LogP contribution in [0.1, 0.15) is 22.7 Å². The van der Waals surface area contributed by atoms with E-state index in [9.17, 15) is 4.79 Å². The third kappa shape index (κ3) is 3.28. The quantitative estimate of drug-likeness (QED) is 0.833. The molecule has 0 unspecified atom stereocenters. The molecule has 1 aliphatic rings. The van der Waals surface area contributed by atoms with Crippen LogP contribution < -0.4 is 5.32 Å². The molecule has 5 heteroatoms. The Morgan fingerprint density at radius 2 is 2.31 bits per heavy atom. The molecule has 0 bridgehead atoms. The minimum Gasteiger partial charge on any atom is -0.481 e. The number of carbonyl (C=O) groups is 1. The zero-order chi connectivity index (χ0) is 11.4. The van der Waals surface area contributed by atoms with Gasteiger partial charge in [0, 0.05) is 17.5 Å². The number of aliphatic carboxylic acids is 1. The minimum atomic E-state index is -0.780. The Bertz CT molecular complexity index is 359. The van der Waals surface area contributed by atoms with Crippen LogP contribution in [0.2, 0.25) is 0 Å². The second-order valence-electron chi connectivity index (χ2n) is 4.19. The monoisotopic (exact) mass is 240 g/mol. The summed E-state index contributed by atoms with van der Waals surface area (Å²) < 4.78 is 0. The summed E-state index contributed by atoms with van der Waals surface area (Å²) in [6, 6.07) is 0. The summed E-state index contributed by atoms with van der Waals surface area (Å²) in [4.78, 5) is 15.7. The van der Waals surface area contributed by atoms with Crippen molar-refractivity contribution in [1.29, 1.82) is 0 Å². The molecule has 4 nitrogen and oxygen atoms in total. The van der Waals surface area contributed by atoms with Crippen molar-refractivity contribution < 1.29 is 9.90 Å².